The average molecular weight is 470 g/mol. The van der Waals surface area contributed by atoms with Gasteiger partial charge in [0.25, 0.3) is 0 Å². The Bertz CT molecular complexity index is 1010. The number of anilines is 1. The van der Waals surface area contributed by atoms with Gasteiger partial charge in [-0.2, -0.15) is 0 Å². The van der Waals surface area contributed by atoms with Crippen molar-refractivity contribution in [2.24, 2.45) is 0 Å². The Balaban J connectivity index is 1.08. The van der Waals surface area contributed by atoms with Crippen molar-refractivity contribution in [3.05, 3.63) is 52.6 Å². The summed E-state index contributed by atoms with van der Waals surface area (Å²) in [6.45, 7) is 6.83. The molecule has 1 aromatic heterocycles. The fourth-order valence-corrected chi connectivity index (χ4v) is 4.83. The summed E-state index contributed by atoms with van der Waals surface area (Å²) in [5, 5.41) is 1.34. The van der Waals surface area contributed by atoms with Gasteiger partial charge in [-0.3, -0.25) is 4.90 Å². The zero-order valence-electron chi connectivity index (χ0n) is 17.2. The van der Waals surface area contributed by atoms with Crippen LogP contribution in [-0.4, -0.2) is 55.8 Å². The molecule has 0 bridgehead atoms. The minimum atomic E-state index is 0.639. The lowest BCUT2D eigenvalue weighted by atomic mass is 10.1. The van der Waals surface area contributed by atoms with Gasteiger partial charge < -0.3 is 19.4 Å². The summed E-state index contributed by atoms with van der Waals surface area (Å²) in [6, 6.07) is 12.8. The second kappa shape index (κ2) is 8.90. The molecule has 0 spiro atoms. The molecular weight excluding hydrogens is 442 g/mol. The molecule has 0 aliphatic carbocycles. The molecule has 3 heterocycles. The number of H-pyrrole nitrogens is 1. The smallest absolute Gasteiger partial charge is 0.163 e. The van der Waals surface area contributed by atoms with Gasteiger partial charge in [0.2, 0.25) is 0 Å². The van der Waals surface area contributed by atoms with Gasteiger partial charge in [0, 0.05) is 59.5 Å². The molecule has 0 radical (unpaired) electrons. The SMILES string of the molecule is Brc1ccc2[nH]cc(CCCCN3CCN(c4ccc5c(c4)OCCO5)CC3)c2c1. The van der Waals surface area contributed by atoms with Crippen LogP contribution in [-0.2, 0) is 6.42 Å². The van der Waals surface area contributed by atoms with Crippen molar-refractivity contribution < 1.29 is 9.47 Å². The van der Waals surface area contributed by atoms with Gasteiger partial charge >= 0.3 is 0 Å². The molecular formula is C24H28BrN3O2. The highest BCUT2D eigenvalue weighted by molar-refractivity contribution is 9.10. The summed E-state index contributed by atoms with van der Waals surface area (Å²) in [6.07, 6.45) is 5.77. The van der Waals surface area contributed by atoms with E-state index in [-0.39, 0.29) is 0 Å². The summed E-state index contributed by atoms with van der Waals surface area (Å²) in [5.41, 5.74) is 3.89. The number of piperazine rings is 1. The second-order valence-corrected chi connectivity index (χ2v) is 9.03. The second-order valence-electron chi connectivity index (χ2n) is 8.12. The number of hydrogen-bond donors (Lipinski definition) is 1. The normalized spacial score (nSPS) is 16.9. The fourth-order valence-electron chi connectivity index (χ4n) is 4.47. The minimum Gasteiger partial charge on any atom is -0.486 e. The van der Waals surface area contributed by atoms with E-state index in [0.717, 1.165) is 48.6 Å². The number of aromatic nitrogens is 1. The van der Waals surface area contributed by atoms with Crippen LogP contribution in [0.4, 0.5) is 5.69 Å². The van der Waals surface area contributed by atoms with E-state index in [0.29, 0.717) is 13.2 Å². The molecule has 0 atom stereocenters. The molecule has 158 valence electrons. The Morgan fingerprint density at radius 3 is 2.60 bits per heavy atom. The van der Waals surface area contributed by atoms with Crippen LogP contribution in [0.1, 0.15) is 18.4 Å². The monoisotopic (exact) mass is 469 g/mol. The highest BCUT2D eigenvalue weighted by Crippen LogP contribution is 2.34. The number of unbranched alkanes of at least 4 members (excludes halogenated alkanes) is 1. The number of ether oxygens (including phenoxy) is 2. The first-order valence-electron chi connectivity index (χ1n) is 10.9. The summed E-state index contributed by atoms with van der Waals surface area (Å²) in [5.74, 6) is 1.75. The van der Waals surface area contributed by atoms with E-state index >= 15 is 0 Å². The third-order valence-corrected chi connectivity index (χ3v) is 6.66. The first kappa shape index (κ1) is 19.8. The van der Waals surface area contributed by atoms with Crippen molar-refractivity contribution in [2.45, 2.75) is 19.3 Å². The van der Waals surface area contributed by atoms with Gasteiger partial charge in [-0.25, -0.2) is 0 Å². The molecule has 2 aliphatic rings. The van der Waals surface area contributed by atoms with E-state index in [1.54, 1.807) is 0 Å². The Kier molecular flexibility index (Phi) is 5.86. The molecule has 2 aliphatic heterocycles. The van der Waals surface area contributed by atoms with Crippen LogP contribution in [0, 0.1) is 0 Å². The van der Waals surface area contributed by atoms with Crippen molar-refractivity contribution >= 4 is 32.5 Å². The predicted octanol–water partition coefficient (Wildman–Crippen LogP) is 4.85. The van der Waals surface area contributed by atoms with Crippen molar-refractivity contribution in [3.63, 3.8) is 0 Å². The zero-order chi connectivity index (χ0) is 20.3. The quantitative estimate of drug-likeness (QED) is 0.524. The number of rotatable bonds is 6. The minimum absolute atomic E-state index is 0.639. The van der Waals surface area contributed by atoms with Crippen LogP contribution in [0.5, 0.6) is 11.5 Å². The zero-order valence-corrected chi connectivity index (χ0v) is 18.8. The van der Waals surface area contributed by atoms with Crippen LogP contribution in [0.25, 0.3) is 10.9 Å². The number of benzene rings is 2. The summed E-state index contributed by atoms with van der Waals surface area (Å²) >= 11 is 3.59. The number of fused-ring (bicyclic) bond motifs is 2. The molecule has 0 amide bonds. The van der Waals surface area contributed by atoms with E-state index in [2.05, 4.69) is 67.2 Å². The molecule has 1 saturated heterocycles. The molecule has 1 fully saturated rings. The van der Waals surface area contributed by atoms with E-state index in [1.165, 1.54) is 41.5 Å². The Hall–Kier alpha value is -2.18. The first-order chi connectivity index (χ1) is 14.8. The van der Waals surface area contributed by atoms with E-state index in [4.69, 9.17) is 9.47 Å². The summed E-state index contributed by atoms with van der Waals surface area (Å²) in [7, 11) is 0. The lowest BCUT2D eigenvalue weighted by Gasteiger charge is -2.36. The van der Waals surface area contributed by atoms with Crippen LogP contribution >= 0.6 is 15.9 Å². The van der Waals surface area contributed by atoms with E-state index < -0.39 is 0 Å². The van der Waals surface area contributed by atoms with Crippen LogP contribution in [0.3, 0.4) is 0 Å². The molecule has 0 saturated carbocycles. The standard InChI is InChI=1S/C24H28BrN3O2/c25-19-4-6-22-21(15-19)18(17-26-22)3-1-2-8-27-9-11-28(12-10-27)20-5-7-23-24(16-20)30-14-13-29-23/h4-7,15-17,26H,1-3,8-14H2. The third kappa shape index (κ3) is 4.30. The molecule has 3 aromatic rings. The van der Waals surface area contributed by atoms with Gasteiger partial charge in [-0.1, -0.05) is 15.9 Å². The number of aryl methyl sites for hydroxylation is 1. The lowest BCUT2D eigenvalue weighted by Crippen LogP contribution is -2.46. The van der Waals surface area contributed by atoms with Crippen LogP contribution < -0.4 is 14.4 Å². The number of hydrogen-bond acceptors (Lipinski definition) is 4. The maximum absolute atomic E-state index is 5.74. The molecule has 6 heteroatoms. The molecule has 1 N–H and O–H groups in total. The van der Waals surface area contributed by atoms with Crippen molar-refractivity contribution in [2.75, 3.05) is 50.8 Å². The van der Waals surface area contributed by atoms with Crippen LogP contribution in [0.2, 0.25) is 0 Å². The van der Waals surface area contributed by atoms with Gasteiger partial charge in [-0.15, -0.1) is 0 Å². The number of nitrogens with zero attached hydrogens (tertiary/aromatic N) is 2. The Morgan fingerprint density at radius 2 is 1.73 bits per heavy atom. The predicted molar refractivity (Wildman–Crippen MR) is 125 cm³/mol. The van der Waals surface area contributed by atoms with Gasteiger partial charge in [0.1, 0.15) is 13.2 Å². The highest BCUT2D eigenvalue weighted by atomic mass is 79.9. The van der Waals surface area contributed by atoms with E-state index in [1.807, 2.05) is 6.07 Å². The fraction of sp³-hybridized carbons (Fsp3) is 0.417. The molecule has 2 aromatic carbocycles. The Morgan fingerprint density at radius 1 is 0.900 bits per heavy atom. The lowest BCUT2D eigenvalue weighted by molar-refractivity contribution is 0.171. The molecule has 0 unspecified atom stereocenters. The number of aromatic amines is 1. The number of nitrogens with one attached hydrogen (secondary N) is 1. The van der Waals surface area contributed by atoms with Gasteiger partial charge in [0.05, 0.1) is 0 Å². The number of halogens is 1. The van der Waals surface area contributed by atoms with Gasteiger partial charge in [0.15, 0.2) is 11.5 Å². The first-order valence-corrected chi connectivity index (χ1v) is 11.7. The summed E-state index contributed by atoms with van der Waals surface area (Å²) < 4.78 is 12.5. The largest absolute Gasteiger partial charge is 0.486 e. The van der Waals surface area contributed by atoms with Crippen LogP contribution in [0.15, 0.2) is 47.1 Å². The average Bonchev–Trinajstić information content (AvgIpc) is 3.19. The maximum atomic E-state index is 5.74. The Labute approximate surface area is 186 Å². The molecule has 5 nitrogen and oxygen atoms in total. The maximum Gasteiger partial charge on any atom is 0.163 e. The summed E-state index contributed by atoms with van der Waals surface area (Å²) in [4.78, 5) is 8.45. The van der Waals surface area contributed by atoms with Crippen molar-refractivity contribution in [1.29, 1.82) is 0 Å². The van der Waals surface area contributed by atoms with Gasteiger partial charge in [-0.05, 0) is 61.7 Å². The molecule has 30 heavy (non-hydrogen) atoms. The van der Waals surface area contributed by atoms with Crippen molar-refractivity contribution in [3.8, 4) is 11.5 Å². The van der Waals surface area contributed by atoms with Crippen molar-refractivity contribution in [1.82, 2.24) is 9.88 Å². The topological polar surface area (TPSA) is 40.7 Å². The van der Waals surface area contributed by atoms with E-state index in [9.17, 15) is 0 Å². The highest BCUT2D eigenvalue weighted by Gasteiger charge is 2.19. The third-order valence-electron chi connectivity index (χ3n) is 6.16. The molecule has 5 rings (SSSR count).